The molecule has 7 nitrogen and oxygen atoms in total. The molecular weight excluding hydrogens is 272 g/mol. The van der Waals surface area contributed by atoms with Crippen molar-refractivity contribution in [2.75, 3.05) is 6.61 Å². The SMILES string of the molecule is Cc1nn(C)c(C)c1[C@H]1OCC[C@@H]1NC(=O)c1ccon1. The molecule has 0 aliphatic carbocycles. The largest absolute Gasteiger partial charge is 0.371 e. The van der Waals surface area contributed by atoms with Gasteiger partial charge < -0.3 is 14.6 Å². The molecule has 3 heterocycles. The molecule has 2 aromatic rings. The van der Waals surface area contributed by atoms with Gasteiger partial charge in [0.05, 0.1) is 11.7 Å². The van der Waals surface area contributed by atoms with Gasteiger partial charge in [-0.2, -0.15) is 5.10 Å². The molecule has 1 N–H and O–H groups in total. The van der Waals surface area contributed by atoms with Crippen LogP contribution in [0.5, 0.6) is 0 Å². The third-order valence-electron chi connectivity index (χ3n) is 3.93. The van der Waals surface area contributed by atoms with Crippen LogP contribution in [0.3, 0.4) is 0 Å². The molecule has 2 atom stereocenters. The minimum absolute atomic E-state index is 0.0872. The number of nitrogens with zero attached hydrogens (tertiary/aromatic N) is 3. The summed E-state index contributed by atoms with van der Waals surface area (Å²) in [6.07, 6.45) is 1.98. The molecule has 0 radical (unpaired) electrons. The van der Waals surface area contributed by atoms with Crippen molar-refractivity contribution in [3.63, 3.8) is 0 Å². The number of carbonyl (C=O) groups excluding carboxylic acids is 1. The van der Waals surface area contributed by atoms with Gasteiger partial charge in [0.1, 0.15) is 12.4 Å². The van der Waals surface area contributed by atoms with Gasteiger partial charge >= 0.3 is 0 Å². The molecule has 21 heavy (non-hydrogen) atoms. The van der Waals surface area contributed by atoms with Crippen molar-refractivity contribution in [2.45, 2.75) is 32.4 Å². The van der Waals surface area contributed by atoms with Gasteiger partial charge in [-0.05, 0) is 20.3 Å². The summed E-state index contributed by atoms with van der Waals surface area (Å²) in [5.41, 5.74) is 3.32. The highest BCUT2D eigenvalue weighted by atomic mass is 16.5. The van der Waals surface area contributed by atoms with E-state index in [1.807, 2.05) is 25.6 Å². The fraction of sp³-hybridized carbons (Fsp3) is 0.500. The Morgan fingerprint density at radius 2 is 2.29 bits per heavy atom. The quantitative estimate of drug-likeness (QED) is 0.921. The summed E-state index contributed by atoms with van der Waals surface area (Å²) < 4.78 is 12.4. The van der Waals surface area contributed by atoms with Crippen molar-refractivity contribution >= 4 is 5.91 Å². The van der Waals surface area contributed by atoms with E-state index in [1.54, 1.807) is 6.07 Å². The second-order valence-electron chi connectivity index (χ2n) is 5.25. The van der Waals surface area contributed by atoms with Crippen molar-refractivity contribution in [2.24, 2.45) is 7.05 Å². The van der Waals surface area contributed by atoms with Gasteiger partial charge in [-0.3, -0.25) is 9.48 Å². The molecular formula is C14H18N4O3. The minimum atomic E-state index is -0.247. The average Bonchev–Trinajstić information content (AvgIpc) is 3.14. The second-order valence-corrected chi connectivity index (χ2v) is 5.25. The standard InChI is InChI=1S/C14H18N4O3/c1-8-12(9(2)18(3)16-8)13-10(4-6-20-13)15-14(19)11-5-7-21-17-11/h5,7,10,13H,4,6H2,1-3H3,(H,15,19)/t10-,13-/m0/s1. The number of nitrogens with one attached hydrogen (secondary N) is 1. The number of hydrogen-bond acceptors (Lipinski definition) is 5. The topological polar surface area (TPSA) is 82.2 Å². The molecule has 1 aliphatic rings. The zero-order valence-corrected chi connectivity index (χ0v) is 12.3. The lowest BCUT2D eigenvalue weighted by Crippen LogP contribution is -2.37. The number of aryl methyl sites for hydroxylation is 2. The Bertz CT molecular complexity index is 647. The summed E-state index contributed by atoms with van der Waals surface area (Å²) in [6.45, 7) is 4.58. The zero-order chi connectivity index (χ0) is 15.0. The predicted molar refractivity (Wildman–Crippen MR) is 73.7 cm³/mol. The Kier molecular flexibility index (Phi) is 3.50. The normalized spacial score (nSPS) is 21.7. The first kappa shape index (κ1) is 13.8. The van der Waals surface area contributed by atoms with Gasteiger partial charge in [-0.15, -0.1) is 0 Å². The van der Waals surface area contributed by atoms with Gasteiger partial charge in [0, 0.05) is 31.0 Å². The number of aromatic nitrogens is 3. The van der Waals surface area contributed by atoms with Gasteiger partial charge in [-0.25, -0.2) is 0 Å². The third kappa shape index (κ3) is 2.44. The molecule has 1 amide bonds. The lowest BCUT2D eigenvalue weighted by atomic mass is 10.00. The Labute approximate surface area is 122 Å². The first-order chi connectivity index (χ1) is 10.1. The predicted octanol–water partition coefficient (Wildman–Crippen LogP) is 1.28. The van der Waals surface area contributed by atoms with Gasteiger partial charge in [0.25, 0.3) is 5.91 Å². The van der Waals surface area contributed by atoms with Crippen LogP contribution in [0.4, 0.5) is 0 Å². The highest BCUT2D eigenvalue weighted by Gasteiger charge is 2.35. The van der Waals surface area contributed by atoms with E-state index in [1.165, 1.54) is 6.26 Å². The van der Waals surface area contributed by atoms with E-state index in [0.29, 0.717) is 6.61 Å². The van der Waals surface area contributed by atoms with Crippen molar-refractivity contribution < 1.29 is 14.1 Å². The second kappa shape index (κ2) is 5.33. The van der Waals surface area contributed by atoms with E-state index in [9.17, 15) is 4.79 Å². The first-order valence-corrected chi connectivity index (χ1v) is 6.91. The summed E-state index contributed by atoms with van der Waals surface area (Å²) in [5, 5.41) is 11.0. The monoisotopic (exact) mass is 290 g/mol. The maximum atomic E-state index is 12.1. The molecule has 1 fully saturated rings. The van der Waals surface area contributed by atoms with E-state index in [4.69, 9.17) is 9.26 Å². The molecule has 2 aromatic heterocycles. The van der Waals surface area contributed by atoms with Gasteiger partial charge in [0.2, 0.25) is 0 Å². The van der Waals surface area contributed by atoms with Crippen molar-refractivity contribution in [3.05, 3.63) is 35.0 Å². The highest BCUT2D eigenvalue weighted by molar-refractivity contribution is 5.92. The summed E-state index contributed by atoms with van der Waals surface area (Å²) in [4.78, 5) is 12.1. The lowest BCUT2D eigenvalue weighted by Gasteiger charge is -2.20. The Hall–Kier alpha value is -2.15. The Morgan fingerprint density at radius 1 is 1.48 bits per heavy atom. The Morgan fingerprint density at radius 3 is 2.90 bits per heavy atom. The minimum Gasteiger partial charge on any atom is -0.371 e. The van der Waals surface area contributed by atoms with Crippen LogP contribution in [0.2, 0.25) is 0 Å². The van der Waals surface area contributed by atoms with Crippen LogP contribution in [0, 0.1) is 13.8 Å². The van der Waals surface area contributed by atoms with Crippen LogP contribution < -0.4 is 5.32 Å². The number of carbonyl (C=O) groups is 1. The van der Waals surface area contributed by atoms with Crippen molar-refractivity contribution in [3.8, 4) is 0 Å². The Balaban J connectivity index is 1.81. The average molecular weight is 290 g/mol. The fourth-order valence-electron chi connectivity index (χ4n) is 2.80. The first-order valence-electron chi connectivity index (χ1n) is 6.91. The van der Waals surface area contributed by atoms with Crippen LogP contribution >= 0.6 is 0 Å². The molecule has 0 bridgehead atoms. The smallest absolute Gasteiger partial charge is 0.273 e. The summed E-state index contributed by atoms with van der Waals surface area (Å²) in [6, 6.07) is 1.46. The zero-order valence-electron chi connectivity index (χ0n) is 12.3. The third-order valence-corrected chi connectivity index (χ3v) is 3.93. The van der Waals surface area contributed by atoms with Crippen LogP contribution in [-0.4, -0.2) is 33.5 Å². The molecule has 7 heteroatoms. The van der Waals surface area contributed by atoms with E-state index >= 15 is 0 Å². The van der Waals surface area contributed by atoms with E-state index in [2.05, 4.69) is 15.6 Å². The lowest BCUT2D eigenvalue weighted by molar-refractivity contribution is 0.0811. The van der Waals surface area contributed by atoms with Crippen LogP contribution in [0.25, 0.3) is 0 Å². The van der Waals surface area contributed by atoms with Gasteiger partial charge in [0.15, 0.2) is 5.69 Å². The molecule has 0 unspecified atom stereocenters. The number of hydrogen-bond donors (Lipinski definition) is 1. The molecule has 0 aromatic carbocycles. The molecule has 3 rings (SSSR count). The van der Waals surface area contributed by atoms with Crippen molar-refractivity contribution in [1.82, 2.24) is 20.3 Å². The number of amides is 1. The highest BCUT2D eigenvalue weighted by Crippen LogP contribution is 2.33. The number of rotatable bonds is 3. The summed E-state index contributed by atoms with van der Waals surface area (Å²) in [7, 11) is 1.91. The van der Waals surface area contributed by atoms with E-state index in [-0.39, 0.29) is 23.7 Å². The molecule has 1 aliphatic heterocycles. The molecule has 0 spiro atoms. The van der Waals surface area contributed by atoms with E-state index < -0.39 is 0 Å². The molecule has 0 saturated carbocycles. The van der Waals surface area contributed by atoms with Crippen LogP contribution in [-0.2, 0) is 11.8 Å². The summed E-state index contributed by atoms with van der Waals surface area (Å²) in [5.74, 6) is -0.247. The van der Waals surface area contributed by atoms with E-state index in [0.717, 1.165) is 23.4 Å². The molecule has 112 valence electrons. The van der Waals surface area contributed by atoms with Crippen LogP contribution in [0.1, 0.15) is 40.0 Å². The van der Waals surface area contributed by atoms with Crippen LogP contribution in [0.15, 0.2) is 16.9 Å². The van der Waals surface area contributed by atoms with Crippen molar-refractivity contribution in [1.29, 1.82) is 0 Å². The maximum absolute atomic E-state index is 12.1. The fourth-order valence-corrected chi connectivity index (χ4v) is 2.80. The maximum Gasteiger partial charge on any atom is 0.273 e. The summed E-state index contributed by atoms with van der Waals surface area (Å²) >= 11 is 0. The van der Waals surface area contributed by atoms with Gasteiger partial charge in [-0.1, -0.05) is 5.16 Å². The number of ether oxygens (including phenoxy) is 1. The molecule has 1 saturated heterocycles.